The summed E-state index contributed by atoms with van der Waals surface area (Å²) in [6, 6.07) is 0. The predicted octanol–water partition coefficient (Wildman–Crippen LogP) is 3.91. The van der Waals surface area contributed by atoms with Gasteiger partial charge in [-0.05, 0) is 31.9 Å². The van der Waals surface area contributed by atoms with E-state index in [0.717, 1.165) is 11.3 Å². The number of thiophene rings is 1. The first kappa shape index (κ1) is 11.1. The van der Waals surface area contributed by atoms with Crippen molar-refractivity contribution in [3.05, 3.63) is 18.7 Å². The van der Waals surface area contributed by atoms with Crippen LogP contribution in [0.5, 0.6) is 0 Å². The van der Waals surface area contributed by atoms with Crippen molar-refractivity contribution < 1.29 is 18.7 Å². The van der Waals surface area contributed by atoms with Gasteiger partial charge >= 0.3 is 5.97 Å². The topological polar surface area (TPSA) is 37.3 Å². The van der Waals surface area contributed by atoms with Gasteiger partial charge in [0.05, 0.1) is 13.8 Å². The number of carbonyl (C=O) groups is 1. The van der Waals surface area contributed by atoms with E-state index in [-0.39, 0.29) is 18.7 Å². The first-order valence-electron chi connectivity index (χ1n) is 2.94. The van der Waals surface area contributed by atoms with Crippen LogP contribution in [0.15, 0.2) is 8.26 Å². The highest BCUT2D eigenvalue weighted by Crippen LogP contribution is 2.42. The van der Waals surface area contributed by atoms with Gasteiger partial charge in [0.2, 0.25) is 0 Å². The number of carboxylic acids is 1. The van der Waals surface area contributed by atoms with E-state index >= 15 is 0 Å². The lowest BCUT2D eigenvalue weighted by Crippen LogP contribution is -1.93. The highest BCUT2D eigenvalue weighted by Gasteiger charge is 2.24. The second-order valence-electron chi connectivity index (χ2n) is 2.04. The molecule has 0 aliphatic rings. The number of hydrogen-bond donors (Lipinski definition) is 1. The van der Waals surface area contributed by atoms with Crippen LogP contribution in [0.3, 0.4) is 0 Å². The van der Waals surface area contributed by atoms with Gasteiger partial charge in [-0.2, -0.15) is 0 Å². The molecule has 0 fully saturated rings. The largest absolute Gasteiger partial charge is 0.477 e. The fourth-order valence-corrected chi connectivity index (χ4v) is 3.52. The molecule has 1 aromatic rings. The van der Waals surface area contributed by atoms with Crippen molar-refractivity contribution in [1.29, 1.82) is 0 Å². The van der Waals surface area contributed by atoms with Gasteiger partial charge in [-0.15, -0.1) is 11.3 Å². The fraction of sp³-hybridized carbons (Fsp3) is 0.167. The Labute approximate surface area is 92.8 Å². The molecule has 0 aliphatic carbocycles. The maximum atomic E-state index is 12.3. The third kappa shape index (κ3) is 2.08. The number of halogens is 4. The van der Waals surface area contributed by atoms with E-state index in [9.17, 15) is 13.6 Å². The molecule has 7 heteroatoms. The maximum absolute atomic E-state index is 12.3. The van der Waals surface area contributed by atoms with Crippen LogP contribution in [0.25, 0.3) is 0 Å². The molecule has 0 radical (unpaired) electrons. The summed E-state index contributed by atoms with van der Waals surface area (Å²) in [5, 5.41) is 8.60. The standard InChI is InChI=1S/C6H2Br2F2O2S/c7-2-1(5(9)10)4(8)13-3(2)6(11)12/h5H,(H,11,12). The van der Waals surface area contributed by atoms with Gasteiger partial charge in [0.15, 0.2) is 0 Å². The summed E-state index contributed by atoms with van der Waals surface area (Å²) in [5.74, 6) is -1.22. The van der Waals surface area contributed by atoms with Gasteiger partial charge in [0.1, 0.15) is 4.88 Å². The smallest absolute Gasteiger partial charge is 0.347 e. The lowest BCUT2D eigenvalue weighted by Gasteiger charge is -1.96. The number of rotatable bonds is 2. The summed E-state index contributed by atoms with van der Waals surface area (Å²) in [5.41, 5.74) is -0.303. The summed E-state index contributed by atoms with van der Waals surface area (Å²) in [7, 11) is 0. The monoisotopic (exact) mass is 334 g/mol. The van der Waals surface area contributed by atoms with Gasteiger partial charge < -0.3 is 5.11 Å². The quantitative estimate of drug-likeness (QED) is 0.889. The second-order valence-corrected chi connectivity index (χ2v) is 5.17. The maximum Gasteiger partial charge on any atom is 0.347 e. The third-order valence-corrected chi connectivity index (χ3v) is 4.23. The molecule has 0 bridgehead atoms. The second kappa shape index (κ2) is 4.02. The number of carboxylic acid groups (broad SMARTS) is 1. The average molecular weight is 336 g/mol. The zero-order chi connectivity index (χ0) is 10.2. The molecule has 1 aromatic heterocycles. The van der Waals surface area contributed by atoms with Gasteiger partial charge in [-0.25, -0.2) is 13.6 Å². The van der Waals surface area contributed by atoms with E-state index in [4.69, 9.17) is 5.11 Å². The van der Waals surface area contributed by atoms with Crippen molar-refractivity contribution in [1.82, 2.24) is 0 Å². The molecule has 2 nitrogen and oxygen atoms in total. The van der Waals surface area contributed by atoms with Crippen LogP contribution < -0.4 is 0 Å². The molecule has 13 heavy (non-hydrogen) atoms. The molecule has 0 aromatic carbocycles. The van der Waals surface area contributed by atoms with Crippen molar-refractivity contribution in [2.75, 3.05) is 0 Å². The minimum atomic E-state index is -2.69. The first-order chi connectivity index (χ1) is 5.95. The number of alkyl halides is 2. The third-order valence-electron chi connectivity index (χ3n) is 1.25. The van der Waals surface area contributed by atoms with Gasteiger partial charge in [-0.1, -0.05) is 0 Å². The van der Waals surface area contributed by atoms with E-state index < -0.39 is 12.4 Å². The van der Waals surface area contributed by atoms with Crippen molar-refractivity contribution in [3.63, 3.8) is 0 Å². The molecule has 0 spiro atoms. The van der Waals surface area contributed by atoms with Crippen LogP contribution in [0.2, 0.25) is 0 Å². The molecule has 0 saturated carbocycles. The van der Waals surface area contributed by atoms with E-state index in [2.05, 4.69) is 31.9 Å². The van der Waals surface area contributed by atoms with Crippen LogP contribution in [0.4, 0.5) is 8.78 Å². The van der Waals surface area contributed by atoms with E-state index in [1.54, 1.807) is 0 Å². The summed E-state index contributed by atoms with van der Waals surface area (Å²) >= 11 is 6.47. The van der Waals surface area contributed by atoms with Crippen molar-refractivity contribution in [3.8, 4) is 0 Å². The Hall–Kier alpha value is -0.0100. The average Bonchev–Trinajstić information content (AvgIpc) is 2.26. The fourth-order valence-electron chi connectivity index (χ4n) is 0.717. The Morgan fingerprint density at radius 3 is 2.23 bits per heavy atom. The summed E-state index contributed by atoms with van der Waals surface area (Å²) in [6.07, 6.45) is -2.69. The van der Waals surface area contributed by atoms with E-state index in [1.807, 2.05) is 0 Å². The Balaban J connectivity index is 3.30. The van der Waals surface area contributed by atoms with Crippen LogP contribution in [-0.2, 0) is 0 Å². The summed E-state index contributed by atoms with van der Waals surface area (Å²) in [6.45, 7) is 0. The van der Waals surface area contributed by atoms with Crippen LogP contribution >= 0.6 is 43.2 Å². The zero-order valence-corrected chi connectivity index (χ0v) is 9.84. The molecule has 0 saturated heterocycles. The van der Waals surface area contributed by atoms with Crippen molar-refractivity contribution in [2.24, 2.45) is 0 Å². The van der Waals surface area contributed by atoms with Gasteiger partial charge in [-0.3, -0.25) is 0 Å². The Bertz CT molecular complexity index is 351. The van der Waals surface area contributed by atoms with Crippen LogP contribution in [0, 0.1) is 0 Å². The van der Waals surface area contributed by atoms with E-state index in [0.29, 0.717) is 0 Å². The van der Waals surface area contributed by atoms with Gasteiger partial charge in [0.25, 0.3) is 6.43 Å². The minimum absolute atomic E-state index is 0.0492. The van der Waals surface area contributed by atoms with Crippen molar-refractivity contribution >= 4 is 49.2 Å². The Kier molecular flexibility index (Phi) is 3.42. The van der Waals surface area contributed by atoms with E-state index in [1.165, 1.54) is 0 Å². The number of hydrogen-bond acceptors (Lipinski definition) is 2. The molecule has 0 atom stereocenters. The first-order valence-corrected chi connectivity index (χ1v) is 5.34. The Morgan fingerprint density at radius 2 is 2.00 bits per heavy atom. The lowest BCUT2D eigenvalue weighted by molar-refractivity contribution is 0.0701. The molecule has 0 unspecified atom stereocenters. The van der Waals surface area contributed by atoms with Crippen molar-refractivity contribution in [2.45, 2.75) is 6.43 Å². The molecule has 1 rings (SSSR count). The normalized spacial score (nSPS) is 10.8. The summed E-state index contributed by atoms with van der Waals surface area (Å²) in [4.78, 5) is 10.4. The molecule has 72 valence electrons. The lowest BCUT2D eigenvalue weighted by atomic mass is 10.3. The predicted molar refractivity (Wildman–Crippen MR) is 51.6 cm³/mol. The van der Waals surface area contributed by atoms with Crippen LogP contribution in [-0.4, -0.2) is 11.1 Å². The highest BCUT2D eigenvalue weighted by molar-refractivity contribution is 9.11. The molecular weight excluding hydrogens is 334 g/mol. The SMILES string of the molecule is O=C(O)c1sc(Br)c(C(F)F)c1Br. The molecule has 1 N–H and O–H groups in total. The molecule has 0 aliphatic heterocycles. The van der Waals surface area contributed by atoms with Crippen LogP contribution in [0.1, 0.15) is 21.7 Å². The Morgan fingerprint density at radius 1 is 1.46 bits per heavy atom. The highest BCUT2D eigenvalue weighted by atomic mass is 79.9. The number of aromatic carboxylic acids is 1. The minimum Gasteiger partial charge on any atom is -0.477 e. The van der Waals surface area contributed by atoms with Gasteiger partial charge in [0, 0.05) is 0 Å². The molecular formula is C6H2Br2F2O2S. The summed E-state index contributed by atoms with van der Waals surface area (Å²) < 4.78 is 24.7. The molecule has 0 amide bonds. The zero-order valence-electron chi connectivity index (χ0n) is 5.85. The molecule has 1 heterocycles.